The Hall–Kier alpha value is -1.89. The molecule has 1 saturated carbocycles. The predicted octanol–water partition coefficient (Wildman–Crippen LogP) is 1.39. The summed E-state index contributed by atoms with van der Waals surface area (Å²) in [6.45, 7) is 3.41. The zero-order valence-corrected chi connectivity index (χ0v) is 12.8. The van der Waals surface area contributed by atoms with Crippen molar-refractivity contribution in [3.8, 4) is 0 Å². The molecule has 1 fully saturated rings. The third-order valence-electron chi connectivity index (χ3n) is 3.92. The largest absolute Gasteiger partial charge is 0.481 e. The number of carboxylic acid groups (broad SMARTS) is 1. The van der Waals surface area contributed by atoms with Gasteiger partial charge in [0.2, 0.25) is 5.91 Å². The van der Waals surface area contributed by atoms with Crippen LogP contribution in [-0.4, -0.2) is 31.7 Å². The monoisotopic (exact) mass is 311 g/mol. The Morgan fingerprint density at radius 2 is 1.76 bits per heavy atom. The minimum Gasteiger partial charge on any atom is -0.481 e. The topological polar surface area (TPSA) is 101 Å². The lowest BCUT2D eigenvalue weighted by molar-refractivity contribution is -0.140. The van der Waals surface area contributed by atoms with Gasteiger partial charge in [-0.1, -0.05) is 26.0 Å². The number of sulfone groups is 1. The molecule has 2 rings (SSSR count). The second kappa shape index (κ2) is 4.84. The molecule has 6 nitrogen and oxygen atoms in total. The summed E-state index contributed by atoms with van der Waals surface area (Å²) in [6, 6.07) is 6.06. The standard InChI is InChI=1S/C14H17NO5S/c1-14(2)10(11(14)13(17)18)12(16)15-8-6-4-5-7-9(8)21(3,19)20/h4-7,10-11H,1-3H3,(H,15,16)(H,17,18)/t10-,11+/m1/s1. The second-order valence-corrected chi connectivity index (χ2v) is 7.86. The van der Waals surface area contributed by atoms with E-state index in [1.807, 2.05) is 0 Å². The van der Waals surface area contributed by atoms with Crippen molar-refractivity contribution in [2.75, 3.05) is 11.6 Å². The number of hydrogen-bond acceptors (Lipinski definition) is 4. The highest BCUT2D eigenvalue weighted by Crippen LogP contribution is 2.58. The summed E-state index contributed by atoms with van der Waals surface area (Å²) >= 11 is 0. The van der Waals surface area contributed by atoms with Gasteiger partial charge in [-0.05, 0) is 17.5 Å². The number of amides is 1. The Balaban J connectivity index is 2.25. The molecule has 1 aliphatic rings. The number of rotatable bonds is 4. The summed E-state index contributed by atoms with van der Waals surface area (Å²) in [5.41, 5.74) is -0.451. The molecule has 114 valence electrons. The number of carbonyl (C=O) groups excluding carboxylic acids is 1. The molecule has 1 aliphatic carbocycles. The van der Waals surface area contributed by atoms with E-state index in [4.69, 9.17) is 5.11 Å². The molecule has 2 atom stereocenters. The normalized spacial score (nSPS) is 23.4. The molecule has 0 saturated heterocycles. The lowest BCUT2D eigenvalue weighted by Gasteiger charge is -2.10. The van der Waals surface area contributed by atoms with Crippen molar-refractivity contribution in [3.05, 3.63) is 24.3 Å². The van der Waals surface area contributed by atoms with E-state index in [1.54, 1.807) is 26.0 Å². The van der Waals surface area contributed by atoms with E-state index in [0.717, 1.165) is 6.26 Å². The highest BCUT2D eigenvalue weighted by Gasteiger charge is 2.65. The Morgan fingerprint density at radius 1 is 1.19 bits per heavy atom. The molecule has 1 amide bonds. The predicted molar refractivity (Wildman–Crippen MR) is 76.6 cm³/mol. The highest BCUT2D eigenvalue weighted by molar-refractivity contribution is 7.90. The van der Waals surface area contributed by atoms with E-state index in [1.165, 1.54) is 12.1 Å². The molecule has 2 N–H and O–H groups in total. The molecular formula is C14H17NO5S. The Labute approximate surface area is 123 Å². The third kappa shape index (κ3) is 2.78. The van der Waals surface area contributed by atoms with Crippen molar-refractivity contribution in [3.63, 3.8) is 0 Å². The van der Waals surface area contributed by atoms with Crippen LogP contribution in [0.1, 0.15) is 13.8 Å². The van der Waals surface area contributed by atoms with Crippen LogP contribution in [0.3, 0.4) is 0 Å². The van der Waals surface area contributed by atoms with Crippen molar-refractivity contribution in [2.24, 2.45) is 17.3 Å². The van der Waals surface area contributed by atoms with Crippen LogP contribution < -0.4 is 5.32 Å². The molecule has 0 unspecified atom stereocenters. The van der Waals surface area contributed by atoms with Gasteiger partial charge in [0.15, 0.2) is 9.84 Å². The average Bonchev–Trinajstić information content (AvgIpc) is 2.92. The number of nitrogens with one attached hydrogen (secondary N) is 1. The van der Waals surface area contributed by atoms with Gasteiger partial charge in [0.1, 0.15) is 0 Å². The molecule has 0 aliphatic heterocycles. The highest BCUT2D eigenvalue weighted by atomic mass is 32.2. The van der Waals surface area contributed by atoms with Crippen LogP contribution in [0.5, 0.6) is 0 Å². The van der Waals surface area contributed by atoms with Gasteiger partial charge in [-0.25, -0.2) is 8.42 Å². The van der Waals surface area contributed by atoms with Crippen LogP contribution in [0, 0.1) is 17.3 Å². The number of benzene rings is 1. The quantitative estimate of drug-likeness (QED) is 0.875. The number of hydrogen-bond donors (Lipinski definition) is 2. The van der Waals surface area contributed by atoms with Gasteiger partial charge in [0.25, 0.3) is 0 Å². The lowest BCUT2D eigenvalue weighted by atomic mass is 10.1. The molecule has 0 spiro atoms. The first-order valence-corrected chi connectivity index (χ1v) is 8.28. The number of carbonyl (C=O) groups is 2. The smallest absolute Gasteiger partial charge is 0.307 e. The van der Waals surface area contributed by atoms with E-state index in [0.29, 0.717) is 0 Å². The van der Waals surface area contributed by atoms with E-state index >= 15 is 0 Å². The molecule has 0 bridgehead atoms. The molecule has 1 aromatic rings. The van der Waals surface area contributed by atoms with Gasteiger partial charge in [-0.2, -0.15) is 0 Å². The lowest BCUT2D eigenvalue weighted by Crippen LogP contribution is -2.19. The molecule has 21 heavy (non-hydrogen) atoms. The fourth-order valence-corrected chi connectivity index (χ4v) is 3.54. The van der Waals surface area contributed by atoms with Crippen molar-refractivity contribution >= 4 is 27.4 Å². The maximum absolute atomic E-state index is 12.2. The molecule has 7 heteroatoms. The van der Waals surface area contributed by atoms with Crippen molar-refractivity contribution in [1.29, 1.82) is 0 Å². The molecule has 1 aromatic carbocycles. The van der Waals surface area contributed by atoms with E-state index < -0.39 is 39.0 Å². The van der Waals surface area contributed by atoms with E-state index in [-0.39, 0.29) is 10.6 Å². The minimum atomic E-state index is -3.47. The summed E-state index contributed by atoms with van der Waals surface area (Å²) in [5, 5.41) is 11.6. The van der Waals surface area contributed by atoms with Gasteiger partial charge >= 0.3 is 5.97 Å². The maximum Gasteiger partial charge on any atom is 0.307 e. The SMILES string of the molecule is CC1(C)[C@H](C(=O)O)[C@@H]1C(=O)Nc1ccccc1S(C)(=O)=O. The zero-order valence-electron chi connectivity index (χ0n) is 12.0. The Bertz CT molecular complexity index is 708. The summed E-state index contributed by atoms with van der Waals surface area (Å²) in [4.78, 5) is 23.3. The van der Waals surface area contributed by atoms with Crippen molar-refractivity contribution < 1.29 is 23.1 Å². The van der Waals surface area contributed by atoms with E-state index in [2.05, 4.69) is 5.32 Å². The van der Waals surface area contributed by atoms with Crippen LogP contribution >= 0.6 is 0 Å². The molecule has 0 aromatic heterocycles. The van der Waals surface area contributed by atoms with Gasteiger partial charge in [0.05, 0.1) is 22.4 Å². The first kappa shape index (κ1) is 15.5. The van der Waals surface area contributed by atoms with Crippen LogP contribution in [0.25, 0.3) is 0 Å². The average molecular weight is 311 g/mol. The van der Waals surface area contributed by atoms with Gasteiger partial charge in [0, 0.05) is 6.26 Å². The van der Waals surface area contributed by atoms with Crippen LogP contribution in [0.15, 0.2) is 29.2 Å². The number of para-hydroxylation sites is 1. The summed E-state index contributed by atoms with van der Waals surface area (Å²) in [7, 11) is -3.47. The van der Waals surface area contributed by atoms with Crippen molar-refractivity contribution in [2.45, 2.75) is 18.7 Å². The zero-order chi connectivity index (χ0) is 16.0. The summed E-state index contributed by atoms with van der Waals surface area (Å²) in [6.07, 6.45) is 1.05. The Morgan fingerprint density at radius 3 is 2.24 bits per heavy atom. The van der Waals surface area contributed by atoms with Crippen LogP contribution in [0.2, 0.25) is 0 Å². The van der Waals surface area contributed by atoms with Gasteiger partial charge in [-0.15, -0.1) is 0 Å². The fourth-order valence-electron chi connectivity index (χ4n) is 2.69. The first-order valence-electron chi connectivity index (χ1n) is 6.39. The van der Waals surface area contributed by atoms with Crippen LogP contribution in [-0.2, 0) is 19.4 Å². The van der Waals surface area contributed by atoms with Gasteiger partial charge in [-0.3, -0.25) is 9.59 Å². The Kier molecular flexibility index (Phi) is 3.57. The molecule has 0 heterocycles. The minimum absolute atomic E-state index is 0.0173. The van der Waals surface area contributed by atoms with Gasteiger partial charge < -0.3 is 10.4 Å². The molecular weight excluding hydrogens is 294 g/mol. The number of anilines is 1. The number of aliphatic carboxylic acids is 1. The molecule has 0 radical (unpaired) electrons. The fraction of sp³-hybridized carbons (Fsp3) is 0.429. The summed E-state index contributed by atoms with van der Waals surface area (Å²) < 4.78 is 23.4. The second-order valence-electron chi connectivity index (χ2n) is 5.87. The third-order valence-corrected chi connectivity index (χ3v) is 5.08. The summed E-state index contributed by atoms with van der Waals surface area (Å²) in [5.74, 6) is -2.90. The first-order chi connectivity index (χ1) is 9.56. The number of carboxylic acids is 1. The maximum atomic E-state index is 12.2. The van der Waals surface area contributed by atoms with Crippen molar-refractivity contribution in [1.82, 2.24) is 0 Å². The van der Waals surface area contributed by atoms with E-state index in [9.17, 15) is 18.0 Å². The van der Waals surface area contributed by atoms with Crippen LogP contribution in [0.4, 0.5) is 5.69 Å².